The fourth-order valence-corrected chi connectivity index (χ4v) is 3.08. The van der Waals surface area contributed by atoms with Crippen LogP contribution in [0, 0.1) is 0 Å². The van der Waals surface area contributed by atoms with Crippen LogP contribution in [-0.2, 0) is 16.4 Å². The van der Waals surface area contributed by atoms with E-state index in [4.69, 9.17) is 0 Å². The maximum absolute atomic E-state index is 12.5. The van der Waals surface area contributed by atoms with Gasteiger partial charge in [0.05, 0.1) is 17.5 Å². The molecule has 2 aromatic rings. The van der Waals surface area contributed by atoms with Gasteiger partial charge in [-0.05, 0) is 63.6 Å². The van der Waals surface area contributed by atoms with Crippen LogP contribution in [0.15, 0.2) is 48.5 Å². The smallest absolute Gasteiger partial charge is 0.257 e. The molecule has 2 aromatic carbocycles. The van der Waals surface area contributed by atoms with Gasteiger partial charge in [-0.3, -0.25) is 9.52 Å². The summed E-state index contributed by atoms with van der Waals surface area (Å²) in [5, 5.41) is 6.24. The van der Waals surface area contributed by atoms with E-state index >= 15 is 0 Å². The van der Waals surface area contributed by atoms with E-state index in [0.29, 0.717) is 5.69 Å². The fraction of sp³-hybridized carbons (Fsp3) is 0.350. The van der Waals surface area contributed by atoms with Crippen LogP contribution in [0.2, 0.25) is 0 Å². The van der Waals surface area contributed by atoms with Crippen LogP contribution in [0.5, 0.6) is 0 Å². The van der Waals surface area contributed by atoms with E-state index in [-0.39, 0.29) is 22.7 Å². The first-order valence-corrected chi connectivity index (χ1v) is 10.6. The van der Waals surface area contributed by atoms with Crippen molar-refractivity contribution >= 4 is 27.3 Å². The number of hydrogen-bond donors (Lipinski definition) is 3. The molecule has 0 aliphatic carbocycles. The average Bonchev–Trinajstić information content (AvgIpc) is 2.54. The van der Waals surface area contributed by atoms with Crippen LogP contribution in [0.1, 0.15) is 36.7 Å². The Balaban J connectivity index is 2.02. The number of nitrogens with one attached hydrogen (secondary N) is 3. The Morgan fingerprint density at radius 3 is 2.22 bits per heavy atom. The fourth-order valence-electron chi connectivity index (χ4n) is 2.50. The maximum atomic E-state index is 12.5. The second-order valence-electron chi connectivity index (χ2n) is 7.50. The number of sulfonamides is 1. The summed E-state index contributed by atoms with van der Waals surface area (Å²) in [6, 6.07) is 14.1. The molecule has 0 aliphatic heterocycles. The number of rotatable bonds is 7. The predicted molar refractivity (Wildman–Crippen MR) is 111 cm³/mol. The molecule has 7 heteroatoms. The van der Waals surface area contributed by atoms with E-state index < -0.39 is 10.0 Å². The molecule has 0 spiro atoms. The van der Waals surface area contributed by atoms with E-state index in [0.717, 1.165) is 19.2 Å². The van der Waals surface area contributed by atoms with Gasteiger partial charge in [0.15, 0.2) is 0 Å². The Kier molecular flexibility index (Phi) is 6.62. The Morgan fingerprint density at radius 1 is 1.00 bits per heavy atom. The molecule has 0 aromatic heterocycles. The van der Waals surface area contributed by atoms with Crippen molar-refractivity contribution in [3.05, 3.63) is 59.7 Å². The largest absolute Gasteiger partial charge is 0.322 e. The Bertz CT molecular complexity index is 885. The maximum Gasteiger partial charge on any atom is 0.257 e. The molecule has 0 radical (unpaired) electrons. The van der Waals surface area contributed by atoms with Crippen LogP contribution >= 0.6 is 0 Å². The molecule has 0 heterocycles. The summed E-state index contributed by atoms with van der Waals surface area (Å²) in [4.78, 5) is 12.5. The van der Waals surface area contributed by atoms with Crippen molar-refractivity contribution in [2.45, 2.75) is 32.7 Å². The van der Waals surface area contributed by atoms with Gasteiger partial charge in [0.1, 0.15) is 0 Å². The van der Waals surface area contributed by atoms with Crippen LogP contribution in [0.3, 0.4) is 0 Å². The van der Waals surface area contributed by atoms with Gasteiger partial charge in [-0.1, -0.05) is 24.3 Å². The van der Waals surface area contributed by atoms with Crippen molar-refractivity contribution in [3.8, 4) is 0 Å². The van der Waals surface area contributed by atoms with E-state index in [1.54, 1.807) is 24.3 Å². The lowest BCUT2D eigenvalue weighted by Crippen LogP contribution is -2.37. The molecule has 0 atom stereocenters. The summed E-state index contributed by atoms with van der Waals surface area (Å²) in [6.45, 7) is 7.26. The lowest BCUT2D eigenvalue weighted by atomic mass is 10.1. The number of carbonyl (C=O) groups excluding carboxylic acids is 1. The minimum absolute atomic E-state index is 0.0846. The second-order valence-corrected chi connectivity index (χ2v) is 9.25. The first-order valence-electron chi connectivity index (χ1n) is 8.76. The Morgan fingerprint density at radius 2 is 1.63 bits per heavy atom. The standard InChI is InChI=1S/C20H27N3O3S/c1-20(2,3)21-14-13-15-9-11-16(12-10-15)22-19(24)17-7-5-6-8-18(17)23-27(4,25)26/h5-12,21,23H,13-14H2,1-4H3,(H,22,24). The highest BCUT2D eigenvalue weighted by atomic mass is 32.2. The third kappa shape index (κ3) is 7.40. The Labute approximate surface area is 161 Å². The number of carbonyl (C=O) groups is 1. The van der Waals surface area contributed by atoms with Crippen LogP contribution < -0.4 is 15.4 Å². The molecule has 0 fully saturated rings. The quantitative estimate of drug-likeness (QED) is 0.678. The van der Waals surface area contributed by atoms with Gasteiger partial charge < -0.3 is 10.6 Å². The third-order valence-electron chi connectivity index (χ3n) is 3.75. The van der Waals surface area contributed by atoms with Crippen molar-refractivity contribution in [3.63, 3.8) is 0 Å². The van der Waals surface area contributed by atoms with Gasteiger partial charge in [0.2, 0.25) is 10.0 Å². The number of hydrogen-bond acceptors (Lipinski definition) is 4. The van der Waals surface area contributed by atoms with Gasteiger partial charge in [-0.2, -0.15) is 0 Å². The number of amides is 1. The normalized spacial score (nSPS) is 11.9. The average molecular weight is 390 g/mol. The molecule has 0 unspecified atom stereocenters. The minimum atomic E-state index is -3.47. The molecule has 2 rings (SSSR count). The zero-order chi connectivity index (χ0) is 20.1. The van der Waals surface area contributed by atoms with Crippen molar-refractivity contribution in [2.75, 3.05) is 22.8 Å². The van der Waals surface area contributed by atoms with Crippen LogP contribution in [0.25, 0.3) is 0 Å². The molecule has 1 amide bonds. The summed E-state index contributed by atoms with van der Waals surface area (Å²) in [5.41, 5.74) is 2.43. The van der Waals surface area contributed by atoms with Gasteiger partial charge in [-0.25, -0.2) is 8.42 Å². The zero-order valence-electron chi connectivity index (χ0n) is 16.2. The van der Waals surface area contributed by atoms with Crippen LogP contribution in [0.4, 0.5) is 11.4 Å². The van der Waals surface area contributed by atoms with E-state index in [1.807, 2.05) is 24.3 Å². The van der Waals surface area contributed by atoms with Crippen molar-refractivity contribution < 1.29 is 13.2 Å². The third-order valence-corrected chi connectivity index (χ3v) is 4.34. The summed E-state index contributed by atoms with van der Waals surface area (Å²) in [6.07, 6.45) is 1.95. The lowest BCUT2D eigenvalue weighted by Gasteiger charge is -2.20. The monoisotopic (exact) mass is 389 g/mol. The molecule has 0 saturated heterocycles. The minimum Gasteiger partial charge on any atom is -0.322 e. The summed E-state index contributed by atoms with van der Waals surface area (Å²) < 4.78 is 25.3. The van der Waals surface area contributed by atoms with E-state index in [9.17, 15) is 13.2 Å². The number of para-hydroxylation sites is 1. The van der Waals surface area contributed by atoms with Gasteiger partial charge >= 0.3 is 0 Å². The lowest BCUT2D eigenvalue weighted by molar-refractivity contribution is 0.102. The van der Waals surface area contributed by atoms with E-state index in [2.05, 4.69) is 36.1 Å². The Hall–Kier alpha value is -2.38. The predicted octanol–water partition coefficient (Wildman–Crippen LogP) is 3.24. The van der Waals surface area contributed by atoms with E-state index in [1.165, 1.54) is 5.56 Å². The van der Waals surface area contributed by atoms with Gasteiger partial charge in [0.25, 0.3) is 5.91 Å². The first kappa shape index (κ1) is 20.9. The van der Waals surface area contributed by atoms with Gasteiger partial charge in [0, 0.05) is 11.2 Å². The summed E-state index contributed by atoms with van der Waals surface area (Å²) in [7, 11) is -3.47. The molecule has 0 bridgehead atoms. The second kappa shape index (κ2) is 8.54. The summed E-state index contributed by atoms with van der Waals surface area (Å²) in [5.74, 6) is -0.371. The van der Waals surface area contributed by atoms with Crippen LogP contribution in [-0.4, -0.2) is 32.7 Å². The molecule has 0 aliphatic rings. The first-order chi connectivity index (χ1) is 12.5. The molecule has 0 saturated carbocycles. The SMILES string of the molecule is CC(C)(C)NCCc1ccc(NC(=O)c2ccccc2NS(C)(=O)=O)cc1. The highest BCUT2D eigenvalue weighted by Crippen LogP contribution is 2.19. The molecular formula is C20H27N3O3S. The van der Waals surface area contributed by atoms with Crippen molar-refractivity contribution in [1.29, 1.82) is 0 Å². The van der Waals surface area contributed by atoms with Gasteiger partial charge in [-0.15, -0.1) is 0 Å². The molecule has 6 nitrogen and oxygen atoms in total. The van der Waals surface area contributed by atoms with Crippen molar-refractivity contribution in [2.24, 2.45) is 0 Å². The number of anilines is 2. The van der Waals surface area contributed by atoms with Crippen molar-refractivity contribution in [1.82, 2.24) is 5.32 Å². The highest BCUT2D eigenvalue weighted by molar-refractivity contribution is 7.92. The topological polar surface area (TPSA) is 87.3 Å². The zero-order valence-corrected chi connectivity index (χ0v) is 17.0. The highest BCUT2D eigenvalue weighted by Gasteiger charge is 2.14. The summed E-state index contributed by atoms with van der Waals surface area (Å²) >= 11 is 0. The number of benzene rings is 2. The molecule has 27 heavy (non-hydrogen) atoms. The molecule has 146 valence electrons. The molecular weight excluding hydrogens is 362 g/mol. The molecule has 3 N–H and O–H groups in total.